The van der Waals surface area contributed by atoms with Crippen molar-refractivity contribution in [2.24, 2.45) is 5.11 Å². The monoisotopic (exact) mass is 329 g/mol. The number of nitrogens with one attached hydrogen (secondary N) is 2. The van der Waals surface area contributed by atoms with Gasteiger partial charge in [-0.3, -0.25) is 10.2 Å². The summed E-state index contributed by atoms with van der Waals surface area (Å²) in [5, 5.41) is 14.3. The molecule has 1 aliphatic heterocycles. The highest BCUT2D eigenvalue weighted by molar-refractivity contribution is 5.81. The van der Waals surface area contributed by atoms with Crippen molar-refractivity contribution in [3.63, 3.8) is 0 Å². The summed E-state index contributed by atoms with van der Waals surface area (Å²) < 4.78 is 0. The Balaban J connectivity index is 1.79. The Morgan fingerprint density at radius 3 is 2.79 bits per heavy atom. The molecule has 0 saturated carbocycles. The largest absolute Gasteiger partial charge is 0.352 e. The fourth-order valence-electron chi connectivity index (χ4n) is 2.62. The molecule has 0 spiro atoms. The molecule has 128 valence electrons. The van der Waals surface area contributed by atoms with Gasteiger partial charge in [0.1, 0.15) is 6.04 Å². The first kappa shape index (κ1) is 17.6. The first-order valence-electron chi connectivity index (χ1n) is 8.02. The summed E-state index contributed by atoms with van der Waals surface area (Å²) in [6.45, 7) is 2.77. The van der Waals surface area contributed by atoms with Crippen LogP contribution in [-0.2, 0) is 11.3 Å². The van der Waals surface area contributed by atoms with Gasteiger partial charge < -0.3 is 15.1 Å². The molecule has 0 unspecified atom stereocenters. The van der Waals surface area contributed by atoms with Crippen molar-refractivity contribution in [2.45, 2.75) is 25.4 Å². The molecule has 0 bridgehead atoms. The minimum atomic E-state index is -0.715. The Hall–Kier alpha value is -2.73. The molecule has 8 heteroatoms. The summed E-state index contributed by atoms with van der Waals surface area (Å²) >= 11 is 0. The number of azide groups is 1. The van der Waals surface area contributed by atoms with E-state index in [1.54, 1.807) is 0 Å². The van der Waals surface area contributed by atoms with Crippen LogP contribution < -0.4 is 5.32 Å². The third-order valence-corrected chi connectivity index (χ3v) is 4.08. The summed E-state index contributed by atoms with van der Waals surface area (Å²) in [4.78, 5) is 18.9. The van der Waals surface area contributed by atoms with Crippen LogP contribution in [0.15, 0.2) is 35.4 Å². The Kier molecular flexibility index (Phi) is 6.45. The topological polar surface area (TPSA) is 108 Å². The Labute approximate surface area is 141 Å². The molecule has 1 fully saturated rings. The van der Waals surface area contributed by atoms with Crippen LogP contribution >= 0.6 is 0 Å². The van der Waals surface area contributed by atoms with Gasteiger partial charge in [-0.2, -0.15) is 0 Å². The maximum atomic E-state index is 12.2. The number of nitrogens with zero attached hydrogens (tertiary/aromatic N) is 5. The molecule has 1 aromatic carbocycles. The van der Waals surface area contributed by atoms with Crippen molar-refractivity contribution in [3.8, 4) is 0 Å². The zero-order chi connectivity index (χ0) is 17.4. The van der Waals surface area contributed by atoms with E-state index in [0.717, 1.165) is 18.7 Å². The molecule has 0 aliphatic carbocycles. The van der Waals surface area contributed by atoms with Crippen molar-refractivity contribution in [3.05, 3.63) is 46.3 Å². The molecule has 24 heavy (non-hydrogen) atoms. The molecule has 1 aromatic rings. The van der Waals surface area contributed by atoms with E-state index in [0.29, 0.717) is 31.9 Å². The van der Waals surface area contributed by atoms with Crippen molar-refractivity contribution in [2.75, 3.05) is 26.7 Å². The number of likely N-dealkylation sites (N-methyl/N-ethyl adjacent to an activating group) is 1. The van der Waals surface area contributed by atoms with Gasteiger partial charge in [0, 0.05) is 38.1 Å². The Morgan fingerprint density at radius 1 is 1.42 bits per heavy atom. The van der Waals surface area contributed by atoms with Crippen LogP contribution in [0.25, 0.3) is 10.4 Å². The van der Waals surface area contributed by atoms with Crippen LogP contribution in [-0.4, -0.2) is 54.4 Å². The molecule has 8 nitrogen and oxygen atoms in total. The van der Waals surface area contributed by atoms with Crippen molar-refractivity contribution in [1.82, 2.24) is 15.1 Å². The predicted molar refractivity (Wildman–Crippen MR) is 92.4 cm³/mol. The first-order valence-corrected chi connectivity index (χ1v) is 8.02. The van der Waals surface area contributed by atoms with E-state index < -0.39 is 6.04 Å². The van der Waals surface area contributed by atoms with Gasteiger partial charge in [-0.05, 0) is 23.9 Å². The highest BCUT2D eigenvalue weighted by Gasteiger charge is 2.22. The minimum absolute atomic E-state index is 0.259. The summed E-state index contributed by atoms with van der Waals surface area (Å²) in [5.74, 6) is 0.245. The second kappa shape index (κ2) is 8.79. The number of hydrogen-bond acceptors (Lipinski definition) is 3. The number of guanidine groups is 1. The second-order valence-corrected chi connectivity index (χ2v) is 5.80. The standard InChI is InChI=1S/C16H23N7O/c1-22-10-11-23(16(22)17)9-5-8-14(20-21-18)15(24)19-12-13-6-3-2-4-7-13/h2-4,6-7,14,17H,5,8-12H2,1H3,(H,19,24)/t14-/m0/s1. The molecule has 0 aromatic heterocycles. The summed E-state index contributed by atoms with van der Waals surface area (Å²) in [5.41, 5.74) is 9.68. The van der Waals surface area contributed by atoms with Gasteiger partial charge in [0.15, 0.2) is 5.96 Å². The van der Waals surface area contributed by atoms with Crippen LogP contribution in [0.2, 0.25) is 0 Å². The molecule has 0 radical (unpaired) electrons. The van der Waals surface area contributed by atoms with E-state index in [9.17, 15) is 4.79 Å². The maximum Gasteiger partial charge on any atom is 0.229 e. The average Bonchev–Trinajstić information content (AvgIpc) is 2.92. The maximum absolute atomic E-state index is 12.2. The van der Waals surface area contributed by atoms with Gasteiger partial charge in [0.2, 0.25) is 5.91 Å². The molecular weight excluding hydrogens is 306 g/mol. The first-order chi connectivity index (χ1) is 11.6. The van der Waals surface area contributed by atoms with Crippen LogP contribution in [0, 0.1) is 5.41 Å². The molecule has 1 amide bonds. The van der Waals surface area contributed by atoms with Crippen LogP contribution in [0.1, 0.15) is 18.4 Å². The molecule has 1 atom stereocenters. The lowest BCUT2D eigenvalue weighted by atomic mass is 10.1. The minimum Gasteiger partial charge on any atom is -0.352 e. The third-order valence-electron chi connectivity index (χ3n) is 4.08. The molecule has 1 saturated heterocycles. The molecule has 1 aliphatic rings. The van der Waals surface area contributed by atoms with Crippen LogP contribution in [0.3, 0.4) is 0 Å². The van der Waals surface area contributed by atoms with Crippen LogP contribution in [0.4, 0.5) is 0 Å². The zero-order valence-corrected chi connectivity index (χ0v) is 13.9. The quantitative estimate of drug-likeness (QED) is 0.432. The molecular formula is C16H23N7O. The number of hydrogen-bond donors (Lipinski definition) is 2. The summed E-state index contributed by atoms with van der Waals surface area (Å²) in [6.07, 6.45) is 1.16. The lowest BCUT2D eigenvalue weighted by Crippen LogP contribution is -2.34. The zero-order valence-electron chi connectivity index (χ0n) is 13.9. The number of amides is 1. The normalized spacial score (nSPS) is 15.1. The van der Waals surface area contributed by atoms with Gasteiger partial charge in [0.05, 0.1) is 0 Å². The second-order valence-electron chi connectivity index (χ2n) is 5.80. The fraction of sp³-hybridized carbons (Fsp3) is 0.500. The third kappa shape index (κ3) is 4.89. The Bertz CT molecular complexity index is 612. The number of benzene rings is 1. The van der Waals surface area contributed by atoms with E-state index in [1.165, 1.54) is 0 Å². The van der Waals surface area contributed by atoms with Crippen molar-refractivity contribution < 1.29 is 4.79 Å². The SMILES string of the molecule is CN1CCN(CCC[C@H](N=[N+]=[N-])C(=O)NCc2ccccc2)C1=N. The molecule has 1 heterocycles. The number of carbonyl (C=O) groups is 1. The van der Waals surface area contributed by atoms with E-state index in [1.807, 2.05) is 47.2 Å². The van der Waals surface area contributed by atoms with E-state index in [-0.39, 0.29) is 5.91 Å². The van der Waals surface area contributed by atoms with Gasteiger partial charge in [-0.1, -0.05) is 35.4 Å². The van der Waals surface area contributed by atoms with Gasteiger partial charge in [-0.25, -0.2) is 0 Å². The summed E-state index contributed by atoms with van der Waals surface area (Å²) in [6, 6.07) is 8.88. The summed E-state index contributed by atoms with van der Waals surface area (Å²) in [7, 11) is 1.89. The lowest BCUT2D eigenvalue weighted by molar-refractivity contribution is -0.122. The highest BCUT2D eigenvalue weighted by atomic mass is 16.2. The number of rotatable bonds is 8. The van der Waals surface area contributed by atoms with Crippen LogP contribution in [0.5, 0.6) is 0 Å². The predicted octanol–water partition coefficient (Wildman–Crippen LogP) is 1.94. The Morgan fingerprint density at radius 2 is 2.17 bits per heavy atom. The lowest BCUT2D eigenvalue weighted by Gasteiger charge is -2.19. The smallest absolute Gasteiger partial charge is 0.229 e. The highest BCUT2D eigenvalue weighted by Crippen LogP contribution is 2.10. The van der Waals surface area contributed by atoms with E-state index in [4.69, 9.17) is 10.9 Å². The fourth-order valence-corrected chi connectivity index (χ4v) is 2.62. The van der Waals surface area contributed by atoms with Crippen molar-refractivity contribution in [1.29, 1.82) is 5.41 Å². The van der Waals surface area contributed by atoms with Gasteiger partial charge in [-0.15, -0.1) is 0 Å². The van der Waals surface area contributed by atoms with Gasteiger partial charge in [0.25, 0.3) is 0 Å². The number of carbonyl (C=O) groups excluding carboxylic acids is 1. The molecule has 2 N–H and O–H groups in total. The van der Waals surface area contributed by atoms with Crippen molar-refractivity contribution >= 4 is 11.9 Å². The molecule has 2 rings (SSSR count). The van der Waals surface area contributed by atoms with E-state index in [2.05, 4.69) is 15.3 Å². The average molecular weight is 329 g/mol. The van der Waals surface area contributed by atoms with E-state index >= 15 is 0 Å². The van der Waals surface area contributed by atoms with Gasteiger partial charge >= 0.3 is 0 Å².